The maximum Gasteiger partial charge on any atom is 0.119 e. The van der Waals surface area contributed by atoms with E-state index in [1.165, 1.54) is 11.1 Å². The lowest BCUT2D eigenvalue weighted by molar-refractivity contribution is 0.340. The highest BCUT2D eigenvalue weighted by molar-refractivity contribution is 5.55. The molecule has 1 rings (SSSR count). The Labute approximate surface area is 92.1 Å². The molecule has 0 aliphatic rings. The molecule has 0 radical (unpaired) electrons. The highest BCUT2D eigenvalue weighted by Crippen LogP contribution is 2.14. The van der Waals surface area contributed by atoms with Crippen molar-refractivity contribution in [3.63, 3.8) is 0 Å². The molecule has 1 aromatic carbocycles. The SMILES string of the molecule is CC=CC(C)=Cc1ccc(OCC)cc1. The lowest BCUT2D eigenvalue weighted by Crippen LogP contribution is -1.90. The summed E-state index contributed by atoms with van der Waals surface area (Å²) < 4.78 is 5.38. The van der Waals surface area contributed by atoms with Crippen molar-refractivity contribution >= 4 is 6.08 Å². The minimum atomic E-state index is 0.715. The first-order valence-corrected chi connectivity index (χ1v) is 5.30. The summed E-state index contributed by atoms with van der Waals surface area (Å²) in [4.78, 5) is 0. The van der Waals surface area contributed by atoms with Crippen LogP contribution in [0.3, 0.4) is 0 Å². The van der Waals surface area contributed by atoms with E-state index in [4.69, 9.17) is 4.74 Å². The van der Waals surface area contributed by atoms with Crippen LogP contribution in [0.25, 0.3) is 6.08 Å². The van der Waals surface area contributed by atoms with Crippen LogP contribution in [-0.4, -0.2) is 6.61 Å². The second kappa shape index (κ2) is 6.07. The number of rotatable bonds is 4. The first kappa shape index (κ1) is 11.6. The van der Waals surface area contributed by atoms with Crippen LogP contribution in [0.15, 0.2) is 42.0 Å². The molecule has 0 heterocycles. The fourth-order valence-electron chi connectivity index (χ4n) is 1.40. The van der Waals surface area contributed by atoms with Gasteiger partial charge in [-0.15, -0.1) is 0 Å². The van der Waals surface area contributed by atoms with E-state index in [-0.39, 0.29) is 0 Å². The van der Waals surface area contributed by atoms with Gasteiger partial charge in [0.25, 0.3) is 0 Å². The molecule has 0 aromatic heterocycles. The zero-order chi connectivity index (χ0) is 11.1. The number of ether oxygens (including phenoxy) is 1. The lowest BCUT2D eigenvalue weighted by atomic mass is 10.1. The average molecular weight is 202 g/mol. The molecule has 1 heteroatoms. The quantitative estimate of drug-likeness (QED) is 0.669. The Morgan fingerprint density at radius 3 is 2.47 bits per heavy atom. The molecule has 0 aliphatic carbocycles. The minimum absolute atomic E-state index is 0.715. The highest BCUT2D eigenvalue weighted by atomic mass is 16.5. The summed E-state index contributed by atoms with van der Waals surface area (Å²) in [5, 5.41) is 0. The maximum atomic E-state index is 5.38. The summed E-state index contributed by atoms with van der Waals surface area (Å²) in [5.74, 6) is 0.929. The van der Waals surface area contributed by atoms with Gasteiger partial charge < -0.3 is 4.74 Å². The van der Waals surface area contributed by atoms with Gasteiger partial charge in [-0.3, -0.25) is 0 Å². The Morgan fingerprint density at radius 2 is 1.93 bits per heavy atom. The molecular weight excluding hydrogens is 184 g/mol. The van der Waals surface area contributed by atoms with Gasteiger partial charge in [0.2, 0.25) is 0 Å². The Bertz CT molecular complexity index is 344. The van der Waals surface area contributed by atoms with Crippen LogP contribution in [-0.2, 0) is 0 Å². The van der Waals surface area contributed by atoms with Gasteiger partial charge in [0.05, 0.1) is 6.61 Å². The zero-order valence-corrected chi connectivity index (χ0v) is 9.66. The molecule has 0 saturated carbocycles. The molecule has 0 aliphatic heterocycles. The van der Waals surface area contributed by atoms with Gasteiger partial charge in [0.1, 0.15) is 5.75 Å². The van der Waals surface area contributed by atoms with E-state index >= 15 is 0 Å². The summed E-state index contributed by atoms with van der Waals surface area (Å²) in [7, 11) is 0. The third-order valence-corrected chi connectivity index (χ3v) is 2.01. The van der Waals surface area contributed by atoms with Gasteiger partial charge in [0.15, 0.2) is 0 Å². The summed E-state index contributed by atoms with van der Waals surface area (Å²) in [6.45, 7) is 6.82. The second-order valence-corrected chi connectivity index (χ2v) is 3.39. The Morgan fingerprint density at radius 1 is 1.27 bits per heavy atom. The van der Waals surface area contributed by atoms with Crippen molar-refractivity contribution in [1.29, 1.82) is 0 Å². The molecule has 0 fully saturated rings. The van der Waals surface area contributed by atoms with Gasteiger partial charge in [-0.2, -0.15) is 0 Å². The number of allylic oxidation sites excluding steroid dienone is 3. The molecule has 0 saturated heterocycles. The van der Waals surface area contributed by atoms with Crippen molar-refractivity contribution in [1.82, 2.24) is 0 Å². The van der Waals surface area contributed by atoms with Gasteiger partial charge >= 0.3 is 0 Å². The van der Waals surface area contributed by atoms with E-state index in [0.717, 1.165) is 5.75 Å². The standard InChI is InChI=1S/C14H18O/c1-4-6-12(3)11-13-7-9-14(10-8-13)15-5-2/h4,6-11H,5H2,1-3H3. The number of benzene rings is 1. The molecule has 1 nitrogen and oxygen atoms in total. The third-order valence-electron chi connectivity index (χ3n) is 2.01. The van der Waals surface area contributed by atoms with Crippen LogP contribution in [0.5, 0.6) is 5.75 Å². The smallest absolute Gasteiger partial charge is 0.119 e. The van der Waals surface area contributed by atoms with E-state index in [0.29, 0.717) is 6.61 Å². The van der Waals surface area contributed by atoms with Crippen LogP contribution in [0, 0.1) is 0 Å². The highest BCUT2D eigenvalue weighted by Gasteiger charge is 1.92. The van der Waals surface area contributed by atoms with Crippen LogP contribution in [0.1, 0.15) is 26.3 Å². The van der Waals surface area contributed by atoms with Crippen LogP contribution in [0.2, 0.25) is 0 Å². The summed E-state index contributed by atoms with van der Waals surface area (Å²) in [6.07, 6.45) is 6.28. The summed E-state index contributed by atoms with van der Waals surface area (Å²) >= 11 is 0. The van der Waals surface area contributed by atoms with Crippen molar-refractivity contribution < 1.29 is 4.74 Å². The van der Waals surface area contributed by atoms with E-state index < -0.39 is 0 Å². The minimum Gasteiger partial charge on any atom is -0.494 e. The van der Waals surface area contributed by atoms with Gasteiger partial charge in [0, 0.05) is 0 Å². The fraction of sp³-hybridized carbons (Fsp3) is 0.286. The Hall–Kier alpha value is -1.50. The first-order valence-electron chi connectivity index (χ1n) is 5.30. The first-order chi connectivity index (χ1) is 7.26. The second-order valence-electron chi connectivity index (χ2n) is 3.39. The van der Waals surface area contributed by atoms with Crippen LogP contribution in [0.4, 0.5) is 0 Å². The fourth-order valence-corrected chi connectivity index (χ4v) is 1.40. The van der Waals surface area contributed by atoms with Crippen molar-refractivity contribution in [2.45, 2.75) is 20.8 Å². The van der Waals surface area contributed by atoms with Gasteiger partial charge in [-0.25, -0.2) is 0 Å². The molecule has 80 valence electrons. The summed E-state index contributed by atoms with van der Waals surface area (Å²) in [6, 6.07) is 8.13. The third kappa shape index (κ3) is 4.03. The largest absolute Gasteiger partial charge is 0.494 e. The monoisotopic (exact) mass is 202 g/mol. The molecule has 0 atom stereocenters. The van der Waals surface area contributed by atoms with Crippen LogP contribution >= 0.6 is 0 Å². The van der Waals surface area contributed by atoms with Crippen molar-refractivity contribution in [2.75, 3.05) is 6.61 Å². The van der Waals surface area contributed by atoms with E-state index in [9.17, 15) is 0 Å². The van der Waals surface area contributed by atoms with Crippen molar-refractivity contribution in [3.05, 3.63) is 47.6 Å². The van der Waals surface area contributed by atoms with E-state index in [1.807, 2.05) is 32.1 Å². The van der Waals surface area contributed by atoms with Crippen molar-refractivity contribution in [2.24, 2.45) is 0 Å². The molecule has 1 aromatic rings. The molecule has 0 bridgehead atoms. The maximum absolute atomic E-state index is 5.38. The van der Waals surface area contributed by atoms with Crippen LogP contribution < -0.4 is 4.74 Å². The Kier molecular flexibility index (Phi) is 4.69. The van der Waals surface area contributed by atoms with Crippen molar-refractivity contribution in [3.8, 4) is 5.75 Å². The number of hydrogen-bond donors (Lipinski definition) is 0. The number of hydrogen-bond acceptors (Lipinski definition) is 1. The predicted molar refractivity (Wildman–Crippen MR) is 66.1 cm³/mol. The molecule has 0 spiro atoms. The Balaban J connectivity index is 2.76. The lowest BCUT2D eigenvalue weighted by Gasteiger charge is -2.02. The topological polar surface area (TPSA) is 9.23 Å². The van der Waals surface area contributed by atoms with E-state index in [1.54, 1.807) is 0 Å². The average Bonchev–Trinajstić information content (AvgIpc) is 2.22. The predicted octanol–water partition coefficient (Wildman–Crippen LogP) is 4.06. The summed E-state index contributed by atoms with van der Waals surface area (Å²) in [5.41, 5.74) is 2.45. The molecule has 0 unspecified atom stereocenters. The van der Waals surface area contributed by atoms with Gasteiger partial charge in [-0.05, 0) is 38.5 Å². The molecular formula is C14H18O. The van der Waals surface area contributed by atoms with E-state index in [2.05, 4.69) is 31.2 Å². The normalized spacial score (nSPS) is 12.1. The molecule has 0 N–H and O–H groups in total. The molecule has 0 amide bonds. The molecule has 15 heavy (non-hydrogen) atoms. The van der Waals surface area contributed by atoms with Gasteiger partial charge in [-0.1, -0.05) is 35.9 Å². The zero-order valence-electron chi connectivity index (χ0n) is 9.66.